The van der Waals surface area contributed by atoms with Gasteiger partial charge in [0.1, 0.15) is 0 Å². The summed E-state index contributed by atoms with van der Waals surface area (Å²) in [6.07, 6.45) is 0.274. The molecule has 2 amide bonds. The predicted molar refractivity (Wildman–Crippen MR) is 70.5 cm³/mol. The standard InChI is InChI=1S/C13H17N3O2/c1-16(2)11-6-4-3-5-10(11)15-13(18)9-7-12(17)14-8-9/h3-6,9H,7-8H2,1-2H3,(H,14,17)(H,15,18). The van der Waals surface area contributed by atoms with Gasteiger partial charge in [0.25, 0.3) is 0 Å². The van der Waals surface area contributed by atoms with Gasteiger partial charge in [0.05, 0.1) is 17.3 Å². The third-order valence-corrected chi connectivity index (χ3v) is 2.99. The zero-order chi connectivity index (χ0) is 13.1. The highest BCUT2D eigenvalue weighted by Crippen LogP contribution is 2.24. The van der Waals surface area contributed by atoms with Gasteiger partial charge in [-0.05, 0) is 12.1 Å². The maximum atomic E-state index is 12.0. The van der Waals surface area contributed by atoms with Crippen LogP contribution in [0, 0.1) is 5.92 Å². The van der Waals surface area contributed by atoms with Crippen molar-refractivity contribution < 1.29 is 9.59 Å². The first kappa shape index (κ1) is 12.4. The van der Waals surface area contributed by atoms with E-state index in [0.29, 0.717) is 6.54 Å². The topological polar surface area (TPSA) is 61.4 Å². The lowest BCUT2D eigenvalue weighted by Crippen LogP contribution is -2.25. The number of rotatable bonds is 3. The Kier molecular flexibility index (Phi) is 3.50. The lowest BCUT2D eigenvalue weighted by atomic mass is 10.1. The first-order chi connectivity index (χ1) is 8.58. The van der Waals surface area contributed by atoms with Crippen LogP contribution in [-0.4, -0.2) is 32.5 Å². The Hall–Kier alpha value is -2.04. The summed E-state index contributed by atoms with van der Waals surface area (Å²) >= 11 is 0. The number of nitrogens with zero attached hydrogens (tertiary/aromatic N) is 1. The number of carbonyl (C=O) groups is 2. The van der Waals surface area contributed by atoms with Crippen LogP contribution in [0.2, 0.25) is 0 Å². The number of hydrogen-bond acceptors (Lipinski definition) is 3. The van der Waals surface area contributed by atoms with E-state index >= 15 is 0 Å². The molecule has 1 atom stereocenters. The third kappa shape index (κ3) is 2.61. The van der Waals surface area contributed by atoms with Gasteiger partial charge in [-0.2, -0.15) is 0 Å². The summed E-state index contributed by atoms with van der Waals surface area (Å²) in [5, 5.41) is 5.55. The van der Waals surface area contributed by atoms with Gasteiger partial charge >= 0.3 is 0 Å². The second-order valence-electron chi connectivity index (χ2n) is 4.61. The number of benzene rings is 1. The predicted octanol–water partition coefficient (Wildman–Crippen LogP) is 0.827. The van der Waals surface area contributed by atoms with Crippen molar-refractivity contribution in [1.82, 2.24) is 5.32 Å². The molecule has 2 rings (SSSR count). The van der Waals surface area contributed by atoms with E-state index in [2.05, 4.69) is 10.6 Å². The van der Waals surface area contributed by atoms with Crippen molar-refractivity contribution in [2.24, 2.45) is 5.92 Å². The molecule has 0 radical (unpaired) electrons. The normalized spacial score (nSPS) is 18.3. The highest BCUT2D eigenvalue weighted by Gasteiger charge is 2.28. The lowest BCUT2D eigenvalue weighted by molar-refractivity contribution is -0.123. The van der Waals surface area contributed by atoms with Crippen LogP contribution in [-0.2, 0) is 9.59 Å². The molecule has 0 saturated carbocycles. The molecule has 2 N–H and O–H groups in total. The van der Waals surface area contributed by atoms with Gasteiger partial charge in [0.2, 0.25) is 11.8 Å². The Morgan fingerprint density at radius 2 is 2.11 bits per heavy atom. The number of anilines is 2. The van der Waals surface area contributed by atoms with Crippen LogP contribution < -0.4 is 15.5 Å². The van der Waals surface area contributed by atoms with E-state index in [1.165, 1.54) is 0 Å². The van der Waals surface area contributed by atoms with Crippen molar-refractivity contribution in [3.63, 3.8) is 0 Å². The number of nitrogens with one attached hydrogen (secondary N) is 2. The molecule has 1 aromatic carbocycles. The minimum Gasteiger partial charge on any atom is -0.376 e. The SMILES string of the molecule is CN(C)c1ccccc1NC(=O)C1CNC(=O)C1. The smallest absolute Gasteiger partial charge is 0.229 e. The fourth-order valence-corrected chi connectivity index (χ4v) is 1.99. The maximum Gasteiger partial charge on any atom is 0.229 e. The summed E-state index contributed by atoms with van der Waals surface area (Å²) < 4.78 is 0. The zero-order valence-electron chi connectivity index (χ0n) is 10.6. The van der Waals surface area contributed by atoms with Gasteiger partial charge in [0.15, 0.2) is 0 Å². The maximum absolute atomic E-state index is 12.0. The summed E-state index contributed by atoms with van der Waals surface area (Å²) in [5.74, 6) is -0.439. The van der Waals surface area contributed by atoms with Crippen molar-refractivity contribution in [3.8, 4) is 0 Å². The van der Waals surface area contributed by atoms with E-state index in [9.17, 15) is 9.59 Å². The molecule has 0 aromatic heterocycles. The van der Waals surface area contributed by atoms with Crippen molar-refractivity contribution in [2.45, 2.75) is 6.42 Å². The average molecular weight is 247 g/mol. The lowest BCUT2D eigenvalue weighted by Gasteiger charge is -2.18. The Labute approximate surface area is 106 Å². The van der Waals surface area contributed by atoms with E-state index in [-0.39, 0.29) is 24.2 Å². The van der Waals surface area contributed by atoms with Gasteiger partial charge in [-0.25, -0.2) is 0 Å². The van der Waals surface area contributed by atoms with Crippen LogP contribution in [0.25, 0.3) is 0 Å². The molecular formula is C13H17N3O2. The van der Waals surface area contributed by atoms with Crippen LogP contribution in [0.3, 0.4) is 0 Å². The Morgan fingerprint density at radius 3 is 2.72 bits per heavy atom. The highest BCUT2D eigenvalue weighted by molar-refractivity contribution is 5.99. The number of para-hydroxylation sites is 2. The van der Waals surface area contributed by atoms with Crippen LogP contribution in [0.4, 0.5) is 11.4 Å². The second kappa shape index (κ2) is 5.08. The third-order valence-electron chi connectivity index (χ3n) is 2.99. The van der Waals surface area contributed by atoms with Crippen LogP contribution in [0.1, 0.15) is 6.42 Å². The molecule has 1 fully saturated rings. The number of carbonyl (C=O) groups excluding carboxylic acids is 2. The van der Waals surface area contributed by atoms with Crippen LogP contribution in [0.15, 0.2) is 24.3 Å². The van der Waals surface area contributed by atoms with Crippen molar-refractivity contribution in [3.05, 3.63) is 24.3 Å². The van der Waals surface area contributed by atoms with Crippen LogP contribution >= 0.6 is 0 Å². The quantitative estimate of drug-likeness (QED) is 0.831. The van der Waals surface area contributed by atoms with Crippen molar-refractivity contribution in [1.29, 1.82) is 0 Å². The average Bonchev–Trinajstić information content (AvgIpc) is 2.76. The molecule has 1 aliphatic rings. The van der Waals surface area contributed by atoms with Crippen molar-refractivity contribution in [2.75, 3.05) is 30.9 Å². The molecule has 1 aromatic rings. The molecule has 5 nitrogen and oxygen atoms in total. The molecule has 1 saturated heterocycles. The zero-order valence-corrected chi connectivity index (χ0v) is 10.6. The molecule has 18 heavy (non-hydrogen) atoms. The summed E-state index contributed by atoms with van der Waals surface area (Å²) in [6, 6.07) is 7.59. The van der Waals surface area contributed by atoms with Gasteiger partial charge in [-0.1, -0.05) is 12.1 Å². The molecule has 1 heterocycles. The minimum atomic E-state index is -0.271. The van der Waals surface area contributed by atoms with E-state index in [4.69, 9.17) is 0 Å². The van der Waals surface area contributed by atoms with E-state index < -0.39 is 0 Å². The Morgan fingerprint density at radius 1 is 1.39 bits per heavy atom. The number of amides is 2. The fraction of sp³-hybridized carbons (Fsp3) is 0.385. The molecule has 1 unspecified atom stereocenters. The molecular weight excluding hydrogens is 230 g/mol. The van der Waals surface area contributed by atoms with Gasteiger partial charge < -0.3 is 15.5 Å². The summed E-state index contributed by atoms with van der Waals surface area (Å²) in [6.45, 7) is 0.425. The molecule has 0 bridgehead atoms. The summed E-state index contributed by atoms with van der Waals surface area (Å²) in [4.78, 5) is 25.0. The highest BCUT2D eigenvalue weighted by atomic mass is 16.2. The van der Waals surface area contributed by atoms with E-state index in [0.717, 1.165) is 11.4 Å². The van der Waals surface area contributed by atoms with Crippen LogP contribution in [0.5, 0.6) is 0 Å². The van der Waals surface area contributed by atoms with Crippen molar-refractivity contribution >= 4 is 23.2 Å². The second-order valence-corrected chi connectivity index (χ2v) is 4.61. The summed E-state index contributed by atoms with van der Waals surface area (Å²) in [5.41, 5.74) is 1.72. The molecule has 0 spiro atoms. The molecule has 5 heteroatoms. The van der Waals surface area contributed by atoms with Gasteiger partial charge in [0, 0.05) is 27.1 Å². The van der Waals surface area contributed by atoms with Gasteiger partial charge in [-0.3, -0.25) is 9.59 Å². The van der Waals surface area contributed by atoms with Gasteiger partial charge in [-0.15, -0.1) is 0 Å². The summed E-state index contributed by atoms with van der Waals surface area (Å²) in [7, 11) is 3.84. The fourth-order valence-electron chi connectivity index (χ4n) is 1.99. The van der Waals surface area contributed by atoms with E-state index in [1.807, 2.05) is 43.3 Å². The first-order valence-electron chi connectivity index (χ1n) is 5.92. The molecule has 0 aliphatic carbocycles. The minimum absolute atomic E-state index is 0.0592. The molecule has 1 aliphatic heterocycles. The monoisotopic (exact) mass is 247 g/mol. The first-order valence-corrected chi connectivity index (χ1v) is 5.92. The molecule has 96 valence electrons. The number of hydrogen-bond donors (Lipinski definition) is 2. The Balaban J connectivity index is 2.09. The van der Waals surface area contributed by atoms with E-state index in [1.54, 1.807) is 0 Å². The Bertz CT molecular complexity index is 471. The largest absolute Gasteiger partial charge is 0.376 e.